The maximum Gasteiger partial charge on any atom is 0.401 e. The fourth-order valence-corrected chi connectivity index (χ4v) is 1.64. The van der Waals surface area contributed by atoms with Crippen LogP contribution in [0.2, 0.25) is 0 Å². The minimum atomic E-state index is -4.23. The predicted octanol–water partition coefficient (Wildman–Crippen LogP) is 2.78. The van der Waals surface area contributed by atoms with Gasteiger partial charge in [0.15, 0.2) is 0 Å². The van der Waals surface area contributed by atoms with Crippen molar-refractivity contribution in [1.29, 1.82) is 0 Å². The second-order valence-corrected chi connectivity index (χ2v) is 4.20. The first-order valence-electron chi connectivity index (χ1n) is 5.51. The maximum atomic E-state index is 12.2. The predicted molar refractivity (Wildman–Crippen MR) is 65.5 cm³/mol. The fourth-order valence-electron chi connectivity index (χ4n) is 1.64. The fraction of sp³-hybridized carbons (Fsp3) is 0.308. The molecule has 0 heterocycles. The van der Waals surface area contributed by atoms with Crippen LogP contribution >= 0.6 is 0 Å². The minimum absolute atomic E-state index is 0.147. The first-order chi connectivity index (χ1) is 8.76. The molecule has 0 aliphatic heterocycles. The molecule has 0 radical (unpaired) electrons. The quantitative estimate of drug-likeness (QED) is 0.839. The van der Waals surface area contributed by atoms with E-state index in [0.717, 1.165) is 11.0 Å². The van der Waals surface area contributed by atoms with Crippen LogP contribution in [0.1, 0.15) is 11.1 Å². The van der Waals surface area contributed by atoms with Gasteiger partial charge in [-0.25, -0.2) is 4.79 Å². The number of hydrogen-bond donors (Lipinski definition) is 1. The summed E-state index contributed by atoms with van der Waals surface area (Å²) in [6.07, 6.45) is -1.84. The topological polar surface area (TPSA) is 40.5 Å². The average Bonchev–Trinajstić information content (AvgIpc) is 2.24. The van der Waals surface area contributed by atoms with Crippen molar-refractivity contribution in [3.8, 4) is 0 Å². The average molecular weight is 273 g/mol. The Morgan fingerprint density at radius 1 is 1.42 bits per heavy atom. The second-order valence-electron chi connectivity index (χ2n) is 4.20. The van der Waals surface area contributed by atoms with E-state index in [9.17, 15) is 18.0 Å². The van der Waals surface area contributed by atoms with Gasteiger partial charge in [-0.3, -0.25) is 4.90 Å². The first kappa shape index (κ1) is 15.2. The molecule has 1 N–H and O–H groups in total. The Hall–Kier alpha value is -1.82. The summed E-state index contributed by atoms with van der Waals surface area (Å²) in [5.41, 5.74) is 1.33. The highest BCUT2D eigenvalue weighted by Gasteiger charge is 2.28. The van der Waals surface area contributed by atoms with E-state index in [4.69, 9.17) is 5.11 Å². The summed E-state index contributed by atoms with van der Waals surface area (Å²) >= 11 is 0. The molecule has 1 aromatic rings. The van der Waals surface area contributed by atoms with Crippen LogP contribution in [-0.2, 0) is 11.3 Å². The number of carbonyl (C=O) groups is 1. The first-order valence-corrected chi connectivity index (χ1v) is 5.51. The van der Waals surface area contributed by atoms with E-state index in [1.54, 1.807) is 24.3 Å². The van der Waals surface area contributed by atoms with Crippen molar-refractivity contribution in [2.24, 2.45) is 0 Å². The van der Waals surface area contributed by atoms with E-state index in [-0.39, 0.29) is 6.54 Å². The number of carboxylic acids is 1. The van der Waals surface area contributed by atoms with Crippen LogP contribution in [0.5, 0.6) is 0 Å². The summed E-state index contributed by atoms with van der Waals surface area (Å²) in [6, 6.07) is 6.72. The van der Waals surface area contributed by atoms with Gasteiger partial charge in [0.1, 0.15) is 0 Å². The Kier molecular flexibility index (Phi) is 5.11. The molecule has 0 saturated carbocycles. The van der Waals surface area contributed by atoms with Crippen molar-refractivity contribution in [2.45, 2.75) is 12.7 Å². The van der Waals surface area contributed by atoms with Gasteiger partial charge in [0.25, 0.3) is 0 Å². The maximum absolute atomic E-state index is 12.2. The number of nitrogens with zero attached hydrogens (tertiary/aromatic N) is 1. The zero-order valence-electron chi connectivity index (χ0n) is 10.3. The van der Waals surface area contributed by atoms with Crippen LogP contribution in [0.3, 0.4) is 0 Å². The normalized spacial score (nSPS) is 12.3. The molecule has 3 nitrogen and oxygen atoms in total. The number of halogens is 3. The van der Waals surface area contributed by atoms with Gasteiger partial charge in [-0.15, -0.1) is 0 Å². The van der Waals surface area contributed by atoms with Crippen molar-refractivity contribution in [3.63, 3.8) is 0 Å². The SMILES string of the molecule is CN(Cc1cccc(C=CC(=O)O)c1)CC(F)(F)F. The smallest absolute Gasteiger partial charge is 0.401 e. The van der Waals surface area contributed by atoms with Crippen molar-refractivity contribution in [1.82, 2.24) is 4.90 Å². The number of aliphatic carboxylic acids is 1. The van der Waals surface area contributed by atoms with Gasteiger partial charge in [-0.05, 0) is 24.3 Å². The Bertz CT molecular complexity index is 469. The van der Waals surface area contributed by atoms with Crippen LogP contribution in [0.25, 0.3) is 6.08 Å². The van der Waals surface area contributed by atoms with Gasteiger partial charge in [0.05, 0.1) is 6.54 Å². The van der Waals surface area contributed by atoms with Crippen molar-refractivity contribution < 1.29 is 23.1 Å². The molecule has 0 fully saturated rings. The van der Waals surface area contributed by atoms with Crippen LogP contribution in [-0.4, -0.2) is 35.7 Å². The van der Waals surface area contributed by atoms with Crippen molar-refractivity contribution in [2.75, 3.05) is 13.6 Å². The standard InChI is InChI=1S/C13H14F3NO2/c1-17(9-13(14,15)16)8-11-4-2-3-10(7-11)5-6-12(18)19/h2-7H,8-9H2,1H3,(H,18,19). The van der Waals surface area contributed by atoms with Gasteiger partial charge in [-0.1, -0.05) is 24.3 Å². The second kappa shape index (κ2) is 6.38. The van der Waals surface area contributed by atoms with Gasteiger partial charge in [-0.2, -0.15) is 13.2 Å². The monoisotopic (exact) mass is 273 g/mol. The van der Waals surface area contributed by atoms with Crippen LogP contribution in [0.15, 0.2) is 30.3 Å². The van der Waals surface area contributed by atoms with Crippen molar-refractivity contribution >= 4 is 12.0 Å². The van der Waals surface area contributed by atoms with Gasteiger partial charge >= 0.3 is 12.1 Å². The largest absolute Gasteiger partial charge is 0.478 e. The van der Waals surface area contributed by atoms with Crippen LogP contribution < -0.4 is 0 Å². The molecule has 0 aromatic heterocycles. The summed E-state index contributed by atoms with van der Waals surface area (Å²) in [7, 11) is 1.38. The summed E-state index contributed by atoms with van der Waals surface area (Å²) in [4.78, 5) is 11.5. The number of alkyl halides is 3. The molecular formula is C13H14F3NO2. The Labute approximate surface area is 109 Å². The lowest BCUT2D eigenvalue weighted by Gasteiger charge is -2.18. The molecule has 1 rings (SSSR count). The Balaban J connectivity index is 2.69. The van der Waals surface area contributed by atoms with E-state index in [1.165, 1.54) is 13.1 Å². The molecular weight excluding hydrogens is 259 g/mol. The molecule has 0 amide bonds. The third-order valence-electron chi connectivity index (χ3n) is 2.27. The lowest BCUT2D eigenvalue weighted by molar-refractivity contribution is -0.144. The van der Waals surface area contributed by atoms with Gasteiger partial charge < -0.3 is 5.11 Å². The van der Waals surface area contributed by atoms with E-state index in [2.05, 4.69) is 0 Å². The molecule has 0 aliphatic carbocycles. The van der Waals surface area contributed by atoms with Gasteiger partial charge in [0, 0.05) is 12.6 Å². The molecule has 0 atom stereocenters. The highest BCUT2D eigenvalue weighted by molar-refractivity contribution is 5.85. The van der Waals surface area contributed by atoms with E-state index in [0.29, 0.717) is 11.1 Å². The van der Waals surface area contributed by atoms with E-state index >= 15 is 0 Å². The highest BCUT2D eigenvalue weighted by Crippen LogP contribution is 2.17. The van der Waals surface area contributed by atoms with Crippen LogP contribution in [0.4, 0.5) is 13.2 Å². The molecule has 0 bridgehead atoms. The molecule has 1 aromatic carbocycles. The lowest BCUT2D eigenvalue weighted by Crippen LogP contribution is -2.30. The third-order valence-corrected chi connectivity index (χ3v) is 2.27. The molecule has 19 heavy (non-hydrogen) atoms. The molecule has 0 aliphatic rings. The Morgan fingerprint density at radius 2 is 2.11 bits per heavy atom. The summed E-state index contributed by atoms with van der Waals surface area (Å²) < 4.78 is 36.5. The minimum Gasteiger partial charge on any atom is -0.478 e. The summed E-state index contributed by atoms with van der Waals surface area (Å²) in [5.74, 6) is -1.07. The molecule has 6 heteroatoms. The van der Waals surface area contributed by atoms with Crippen molar-refractivity contribution in [3.05, 3.63) is 41.5 Å². The molecule has 0 saturated heterocycles. The molecule has 0 spiro atoms. The van der Waals surface area contributed by atoms with E-state index < -0.39 is 18.7 Å². The number of rotatable bonds is 5. The van der Waals surface area contributed by atoms with E-state index in [1.807, 2.05) is 0 Å². The number of benzene rings is 1. The summed E-state index contributed by atoms with van der Waals surface area (Å²) in [6.45, 7) is -0.837. The van der Waals surface area contributed by atoms with Crippen LogP contribution in [0, 0.1) is 0 Å². The molecule has 0 unspecified atom stereocenters. The zero-order chi connectivity index (χ0) is 14.5. The third kappa shape index (κ3) is 6.61. The summed E-state index contributed by atoms with van der Waals surface area (Å²) in [5, 5.41) is 8.50. The number of hydrogen-bond acceptors (Lipinski definition) is 2. The number of carboxylic acid groups (broad SMARTS) is 1. The highest BCUT2D eigenvalue weighted by atomic mass is 19.4. The lowest BCUT2D eigenvalue weighted by atomic mass is 10.1. The Morgan fingerprint density at radius 3 is 2.68 bits per heavy atom. The zero-order valence-corrected chi connectivity index (χ0v) is 10.3. The van der Waals surface area contributed by atoms with Gasteiger partial charge in [0.2, 0.25) is 0 Å². The molecule has 104 valence electrons.